The van der Waals surface area contributed by atoms with Gasteiger partial charge in [0.1, 0.15) is 4.21 Å². The lowest BCUT2D eigenvalue weighted by atomic mass is 10.1. The second kappa shape index (κ2) is 6.69. The van der Waals surface area contributed by atoms with Crippen molar-refractivity contribution in [1.82, 2.24) is 4.72 Å². The van der Waals surface area contributed by atoms with E-state index in [1.54, 1.807) is 30.3 Å². The fraction of sp³-hybridized carbons (Fsp3) is 0.154. The maximum atomic E-state index is 12.0. The van der Waals surface area contributed by atoms with Gasteiger partial charge in [0.25, 0.3) is 0 Å². The number of methoxy groups -OCH3 is 1. The molecule has 0 aliphatic carbocycles. The van der Waals surface area contributed by atoms with Crippen LogP contribution >= 0.6 is 27.3 Å². The first-order chi connectivity index (χ1) is 9.92. The van der Waals surface area contributed by atoms with E-state index in [4.69, 9.17) is 0 Å². The van der Waals surface area contributed by atoms with Crippen molar-refractivity contribution in [3.05, 3.63) is 51.3 Å². The predicted molar refractivity (Wildman–Crippen MR) is 83.8 cm³/mol. The normalized spacial score (nSPS) is 11.3. The van der Waals surface area contributed by atoms with Crippen LogP contribution in [0.15, 0.2) is 44.4 Å². The molecule has 0 radical (unpaired) electrons. The number of ether oxygens (including phenoxy) is 1. The number of carbonyl (C=O) groups is 1. The number of rotatable bonds is 5. The Kier molecular flexibility index (Phi) is 5.15. The van der Waals surface area contributed by atoms with Gasteiger partial charge in [-0.1, -0.05) is 12.1 Å². The molecule has 2 rings (SSSR count). The summed E-state index contributed by atoms with van der Waals surface area (Å²) in [4.78, 5) is 11.3. The van der Waals surface area contributed by atoms with Crippen LogP contribution in [0.3, 0.4) is 0 Å². The lowest BCUT2D eigenvalue weighted by Gasteiger charge is -2.05. The molecule has 1 N–H and O–H groups in total. The SMILES string of the molecule is COC(=O)c1ccc(CNS(=O)(=O)c2ccc(Br)s2)cc1. The van der Waals surface area contributed by atoms with Crippen molar-refractivity contribution in [3.63, 3.8) is 0 Å². The van der Waals surface area contributed by atoms with Gasteiger partial charge in [-0.05, 0) is 45.8 Å². The lowest BCUT2D eigenvalue weighted by Crippen LogP contribution is -2.22. The average molecular weight is 390 g/mol. The molecule has 0 unspecified atom stereocenters. The van der Waals surface area contributed by atoms with Gasteiger partial charge in [-0.2, -0.15) is 0 Å². The maximum absolute atomic E-state index is 12.0. The molecule has 1 aromatic heterocycles. The van der Waals surface area contributed by atoms with E-state index < -0.39 is 16.0 Å². The van der Waals surface area contributed by atoms with E-state index >= 15 is 0 Å². The molecule has 5 nitrogen and oxygen atoms in total. The number of halogens is 1. The quantitative estimate of drug-likeness (QED) is 0.797. The minimum absolute atomic E-state index is 0.152. The summed E-state index contributed by atoms with van der Waals surface area (Å²) in [5.41, 5.74) is 1.17. The molecule has 0 atom stereocenters. The van der Waals surface area contributed by atoms with Crippen LogP contribution < -0.4 is 4.72 Å². The highest BCUT2D eigenvalue weighted by Crippen LogP contribution is 2.25. The van der Waals surface area contributed by atoms with Crippen LogP contribution in [0, 0.1) is 0 Å². The van der Waals surface area contributed by atoms with Gasteiger partial charge < -0.3 is 4.74 Å². The second-order valence-corrected chi connectivity index (χ2v) is 8.53. The summed E-state index contributed by atoms with van der Waals surface area (Å²) < 4.78 is 32.2. The Bertz CT molecular complexity index is 738. The first-order valence-corrected chi connectivity index (χ1v) is 8.94. The van der Waals surface area contributed by atoms with Crippen molar-refractivity contribution in [2.75, 3.05) is 7.11 Å². The summed E-state index contributed by atoms with van der Waals surface area (Å²) in [6.07, 6.45) is 0. The van der Waals surface area contributed by atoms with Gasteiger partial charge in [0.15, 0.2) is 0 Å². The summed E-state index contributed by atoms with van der Waals surface area (Å²) >= 11 is 4.38. The molecule has 0 amide bonds. The van der Waals surface area contributed by atoms with Crippen molar-refractivity contribution in [1.29, 1.82) is 0 Å². The monoisotopic (exact) mass is 389 g/mol. The number of nitrogens with one attached hydrogen (secondary N) is 1. The van der Waals surface area contributed by atoms with E-state index in [0.717, 1.165) is 20.7 Å². The molecule has 0 saturated heterocycles. The van der Waals surface area contributed by atoms with Gasteiger partial charge >= 0.3 is 5.97 Å². The van der Waals surface area contributed by atoms with Crippen LogP contribution in [0.25, 0.3) is 0 Å². The molecule has 1 aromatic carbocycles. The van der Waals surface area contributed by atoms with Crippen molar-refractivity contribution in [2.24, 2.45) is 0 Å². The summed E-state index contributed by atoms with van der Waals surface area (Å²) in [6, 6.07) is 9.77. The van der Waals surface area contributed by atoms with Gasteiger partial charge in [0, 0.05) is 6.54 Å². The van der Waals surface area contributed by atoms with Crippen LogP contribution in [-0.2, 0) is 21.3 Å². The van der Waals surface area contributed by atoms with Gasteiger partial charge in [0.2, 0.25) is 10.0 Å². The third kappa shape index (κ3) is 4.13. The molecule has 0 fully saturated rings. The molecule has 1 heterocycles. The van der Waals surface area contributed by atoms with Crippen LogP contribution in [0.2, 0.25) is 0 Å². The van der Waals surface area contributed by atoms with Crippen LogP contribution in [-0.4, -0.2) is 21.5 Å². The summed E-state index contributed by atoms with van der Waals surface area (Å²) in [7, 11) is -2.21. The maximum Gasteiger partial charge on any atom is 0.337 e. The number of benzene rings is 1. The largest absolute Gasteiger partial charge is 0.465 e. The fourth-order valence-electron chi connectivity index (χ4n) is 1.57. The standard InChI is InChI=1S/C13H12BrNO4S2/c1-19-13(16)10-4-2-9(3-5-10)8-15-21(17,18)12-7-6-11(14)20-12/h2-7,15H,8H2,1H3. The second-order valence-electron chi connectivity index (χ2n) is 4.07. The van der Waals surface area contributed by atoms with E-state index in [1.165, 1.54) is 13.2 Å². The highest BCUT2D eigenvalue weighted by molar-refractivity contribution is 9.11. The molecular weight excluding hydrogens is 378 g/mol. The first-order valence-electron chi connectivity index (χ1n) is 5.84. The molecule has 21 heavy (non-hydrogen) atoms. The van der Waals surface area contributed by atoms with Gasteiger partial charge in [-0.3, -0.25) is 0 Å². The van der Waals surface area contributed by atoms with Crippen molar-refractivity contribution < 1.29 is 17.9 Å². The number of hydrogen-bond donors (Lipinski definition) is 1. The summed E-state index contributed by atoms with van der Waals surface area (Å²) in [5, 5.41) is 0. The predicted octanol–water partition coefficient (Wildman–Crippen LogP) is 2.78. The molecule has 0 aliphatic heterocycles. The van der Waals surface area contributed by atoms with Crippen LogP contribution in [0.1, 0.15) is 15.9 Å². The fourth-order valence-corrected chi connectivity index (χ4v) is 4.64. The smallest absolute Gasteiger partial charge is 0.337 e. The highest BCUT2D eigenvalue weighted by Gasteiger charge is 2.16. The summed E-state index contributed by atoms with van der Waals surface area (Å²) in [5.74, 6) is -0.425. The van der Waals surface area contributed by atoms with Gasteiger partial charge in [-0.25, -0.2) is 17.9 Å². The Morgan fingerprint density at radius 1 is 1.24 bits per heavy atom. The van der Waals surface area contributed by atoms with E-state index in [1.807, 2.05) is 0 Å². The van der Waals surface area contributed by atoms with Crippen molar-refractivity contribution in [2.45, 2.75) is 10.8 Å². The number of esters is 1. The third-order valence-corrected chi connectivity index (χ3v) is 6.17. The molecular formula is C13H12BrNO4S2. The van der Waals surface area contributed by atoms with Crippen molar-refractivity contribution in [3.8, 4) is 0 Å². The molecule has 8 heteroatoms. The lowest BCUT2D eigenvalue weighted by molar-refractivity contribution is 0.0600. The number of sulfonamides is 1. The van der Waals surface area contributed by atoms with E-state index in [9.17, 15) is 13.2 Å². The Morgan fingerprint density at radius 3 is 2.43 bits per heavy atom. The number of hydrogen-bond acceptors (Lipinski definition) is 5. The van der Waals surface area contributed by atoms with Crippen molar-refractivity contribution >= 4 is 43.3 Å². The zero-order valence-electron chi connectivity index (χ0n) is 11.0. The Balaban J connectivity index is 2.04. The number of thiophene rings is 1. The molecule has 0 bridgehead atoms. The Morgan fingerprint density at radius 2 is 1.90 bits per heavy atom. The molecule has 0 aliphatic rings. The minimum Gasteiger partial charge on any atom is -0.465 e. The Labute approximate surface area is 135 Å². The van der Waals surface area contributed by atoms with E-state index in [0.29, 0.717) is 5.56 Å². The number of carbonyl (C=O) groups excluding carboxylic acids is 1. The van der Waals surface area contributed by atoms with Gasteiger partial charge in [0.05, 0.1) is 16.5 Å². The van der Waals surface area contributed by atoms with E-state index in [2.05, 4.69) is 25.4 Å². The third-order valence-electron chi connectivity index (χ3n) is 2.65. The first kappa shape index (κ1) is 16.2. The highest BCUT2D eigenvalue weighted by atomic mass is 79.9. The van der Waals surface area contributed by atoms with E-state index in [-0.39, 0.29) is 10.8 Å². The molecule has 0 spiro atoms. The topological polar surface area (TPSA) is 72.5 Å². The zero-order chi connectivity index (χ0) is 15.5. The molecule has 0 saturated carbocycles. The van der Waals surface area contributed by atoms with Crippen LogP contribution in [0.4, 0.5) is 0 Å². The zero-order valence-corrected chi connectivity index (χ0v) is 14.2. The minimum atomic E-state index is -3.52. The Hall–Kier alpha value is -1.22. The van der Waals surface area contributed by atoms with Crippen LogP contribution in [0.5, 0.6) is 0 Å². The summed E-state index contributed by atoms with van der Waals surface area (Å²) in [6.45, 7) is 0.152. The molecule has 2 aromatic rings. The van der Waals surface area contributed by atoms with Gasteiger partial charge in [-0.15, -0.1) is 11.3 Å². The average Bonchev–Trinajstić information content (AvgIpc) is 2.92. The molecule has 112 valence electrons.